The first-order chi connectivity index (χ1) is 5.97. The van der Waals surface area contributed by atoms with Gasteiger partial charge in [0.15, 0.2) is 5.22 Å². The van der Waals surface area contributed by atoms with Gasteiger partial charge in [0.25, 0.3) is 0 Å². The zero-order valence-electron chi connectivity index (χ0n) is 7.75. The number of nitrogens with two attached hydrogens (primary N) is 1. The molecule has 0 aliphatic rings. The van der Waals surface area contributed by atoms with Crippen LogP contribution in [0.1, 0.15) is 25.6 Å². The summed E-state index contributed by atoms with van der Waals surface area (Å²) in [4.78, 5) is 0. The molecule has 1 aromatic heterocycles. The van der Waals surface area contributed by atoms with Gasteiger partial charge >= 0.3 is 0 Å². The molecule has 0 bridgehead atoms. The van der Waals surface area contributed by atoms with Gasteiger partial charge in [0.1, 0.15) is 5.76 Å². The Morgan fingerprint density at radius 3 is 2.62 bits per heavy atom. The van der Waals surface area contributed by atoms with E-state index in [0.29, 0.717) is 11.0 Å². The monoisotopic (exact) mass is 203 g/mol. The van der Waals surface area contributed by atoms with Gasteiger partial charge in [0.05, 0.1) is 12.6 Å². The van der Waals surface area contributed by atoms with Gasteiger partial charge in [-0.1, -0.05) is 13.8 Å². The lowest BCUT2D eigenvalue weighted by atomic mass is 9.84. The maximum absolute atomic E-state index is 9.08. The van der Waals surface area contributed by atoms with E-state index in [1.807, 2.05) is 13.8 Å². The minimum absolute atomic E-state index is 0.00643. The van der Waals surface area contributed by atoms with Gasteiger partial charge in [-0.3, -0.25) is 0 Å². The molecule has 74 valence electrons. The van der Waals surface area contributed by atoms with E-state index in [4.69, 9.17) is 26.9 Å². The summed E-state index contributed by atoms with van der Waals surface area (Å²) in [6.45, 7) is 3.74. The lowest BCUT2D eigenvalue weighted by molar-refractivity contribution is 0.123. The Bertz CT molecular complexity index is 283. The first-order valence-corrected chi connectivity index (χ1v) is 4.47. The lowest BCUT2D eigenvalue weighted by Gasteiger charge is -2.27. The third-order valence-corrected chi connectivity index (χ3v) is 2.35. The maximum atomic E-state index is 9.08. The van der Waals surface area contributed by atoms with Crippen LogP contribution in [0.3, 0.4) is 0 Å². The number of rotatable bonds is 3. The number of hydrogen-bond acceptors (Lipinski definition) is 3. The minimum Gasteiger partial charge on any atom is -0.448 e. The largest absolute Gasteiger partial charge is 0.448 e. The molecule has 1 atom stereocenters. The van der Waals surface area contributed by atoms with Crippen molar-refractivity contribution in [3.05, 3.63) is 23.1 Å². The van der Waals surface area contributed by atoms with Crippen molar-refractivity contribution in [1.29, 1.82) is 0 Å². The highest BCUT2D eigenvalue weighted by Gasteiger charge is 2.29. The van der Waals surface area contributed by atoms with E-state index in [-0.39, 0.29) is 12.6 Å². The first kappa shape index (κ1) is 10.6. The van der Waals surface area contributed by atoms with E-state index in [1.165, 1.54) is 0 Å². The van der Waals surface area contributed by atoms with Crippen molar-refractivity contribution in [2.45, 2.75) is 19.9 Å². The average Bonchev–Trinajstić information content (AvgIpc) is 2.50. The second kappa shape index (κ2) is 3.70. The van der Waals surface area contributed by atoms with Crippen LogP contribution in [0, 0.1) is 5.41 Å². The van der Waals surface area contributed by atoms with E-state index in [2.05, 4.69) is 0 Å². The van der Waals surface area contributed by atoms with E-state index in [1.54, 1.807) is 12.1 Å². The zero-order valence-corrected chi connectivity index (χ0v) is 8.51. The molecule has 0 aliphatic carbocycles. The van der Waals surface area contributed by atoms with Crippen LogP contribution in [0.5, 0.6) is 0 Å². The van der Waals surface area contributed by atoms with Crippen LogP contribution in [-0.4, -0.2) is 11.7 Å². The summed E-state index contributed by atoms with van der Waals surface area (Å²) in [5.74, 6) is 0.601. The van der Waals surface area contributed by atoms with Crippen molar-refractivity contribution in [3.63, 3.8) is 0 Å². The number of hydrogen-bond donors (Lipinski definition) is 2. The highest BCUT2D eigenvalue weighted by molar-refractivity contribution is 6.28. The predicted octanol–water partition coefficient (Wildman–Crippen LogP) is 1.95. The lowest BCUT2D eigenvalue weighted by Crippen LogP contribution is -2.32. The van der Waals surface area contributed by atoms with Crippen LogP contribution >= 0.6 is 11.6 Å². The van der Waals surface area contributed by atoms with Gasteiger partial charge in [-0.15, -0.1) is 0 Å². The standard InChI is InChI=1S/C9H14ClNO2/c1-9(2,5-12)8(11)6-3-4-7(10)13-6/h3-4,8,12H,5,11H2,1-2H3/t8-/m0/s1. The molecule has 1 heterocycles. The summed E-state index contributed by atoms with van der Waals surface area (Å²) in [6, 6.07) is 3.03. The Morgan fingerprint density at radius 1 is 1.62 bits per heavy atom. The van der Waals surface area contributed by atoms with Crippen LogP contribution in [0.15, 0.2) is 16.5 Å². The Labute approximate surface area is 82.5 Å². The number of furan rings is 1. The summed E-state index contributed by atoms with van der Waals surface area (Å²) in [7, 11) is 0. The van der Waals surface area contributed by atoms with Gasteiger partial charge in [-0.2, -0.15) is 0 Å². The van der Waals surface area contributed by atoms with Crippen molar-refractivity contribution in [3.8, 4) is 0 Å². The molecule has 3 N–H and O–H groups in total. The smallest absolute Gasteiger partial charge is 0.193 e. The molecule has 4 heteroatoms. The van der Waals surface area contributed by atoms with Gasteiger partial charge in [0.2, 0.25) is 0 Å². The molecular formula is C9H14ClNO2. The minimum atomic E-state index is -0.402. The van der Waals surface area contributed by atoms with E-state index in [0.717, 1.165) is 0 Å². The average molecular weight is 204 g/mol. The van der Waals surface area contributed by atoms with E-state index < -0.39 is 5.41 Å². The molecular weight excluding hydrogens is 190 g/mol. The van der Waals surface area contributed by atoms with Gasteiger partial charge in [0, 0.05) is 5.41 Å². The van der Waals surface area contributed by atoms with Crippen molar-refractivity contribution < 1.29 is 9.52 Å². The fourth-order valence-corrected chi connectivity index (χ4v) is 1.13. The molecule has 0 aliphatic heterocycles. The molecule has 0 fully saturated rings. The number of aliphatic hydroxyl groups excluding tert-OH is 1. The predicted molar refractivity (Wildman–Crippen MR) is 51.5 cm³/mol. The van der Waals surface area contributed by atoms with Gasteiger partial charge in [-0.05, 0) is 23.7 Å². The topological polar surface area (TPSA) is 59.4 Å². The van der Waals surface area contributed by atoms with Crippen molar-refractivity contribution in [1.82, 2.24) is 0 Å². The summed E-state index contributed by atoms with van der Waals surface area (Å²) in [6.07, 6.45) is 0. The molecule has 1 aromatic rings. The van der Waals surface area contributed by atoms with E-state index in [9.17, 15) is 0 Å². The second-order valence-corrected chi connectivity index (χ2v) is 4.14. The highest BCUT2D eigenvalue weighted by atomic mass is 35.5. The van der Waals surface area contributed by atoms with Crippen LogP contribution in [0.4, 0.5) is 0 Å². The second-order valence-electron chi connectivity index (χ2n) is 3.77. The Kier molecular flexibility index (Phi) is 3.01. The summed E-state index contributed by atoms with van der Waals surface area (Å²) >= 11 is 5.61. The fraction of sp³-hybridized carbons (Fsp3) is 0.556. The molecule has 0 radical (unpaired) electrons. The van der Waals surface area contributed by atoms with Crippen molar-refractivity contribution in [2.24, 2.45) is 11.1 Å². The molecule has 0 amide bonds. The molecule has 0 aromatic carbocycles. The Hall–Kier alpha value is -0.510. The van der Waals surface area contributed by atoms with Gasteiger partial charge < -0.3 is 15.3 Å². The van der Waals surface area contributed by atoms with Gasteiger partial charge in [-0.25, -0.2) is 0 Å². The molecule has 13 heavy (non-hydrogen) atoms. The highest BCUT2D eigenvalue weighted by Crippen LogP contribution is 2.32. The Morgan fingerprint density at radius 2 is 2.23 bits per heavy atom. The zero-order chi connectivity index (χ0) is 10.1. The Balaban J connectivity index is 2.84. The summed E-state index contributed by atoms with van der Waals surface area (Å²) in [5.41, 5.74) is 5.48. The molecule has 3 nitrogen and oxygen atoms in total. The van der Waals surface area contributed by atoms with Crippen LogP contribution in [-0.2, 0) is 0 Å². The SMILES string of the molecule is CC(C)(CO)[C@@H](N)c1ccc(Cl)o1. The summed E-state index contributed by atoms with van der Waals surface area (Å²) in [5, 5.41) is 9.40. The van der Waals surface area contributed by atoms with Crippen molar-refractivity contribution in [2.75, 3.05) is 6.61 Å². The van der Waals surface area contributed by atoms with Crippen LogP contribution < -0.4 is 5.73 Å². The summed E-state index contributed by atoms with van der Waals surface area (Å²) < 4.78 is 5.16. The number of aliphatic hydroxyl groups is 1. The normalized spacial score (nSPS) is 14.5. The molecule has 0 saturated heterocycles. The molecule has 0 spiro atoms. The van der Waals surface area contributed by atoms with E-state index >= 15 is 0 Å². The fourth-order valence-electron chi connectivity index (χ4n) is 0.979. The molecule has 1 rings (SSSR count). The first-order valence-electron chi connectivity index (χ1n) is 4.09. The third kappa shape index (κ3) is 2.24. The molecule has 0 saturated carbocycles. The quantitative estimate of drug-likeness (QED) is 0.790. The maximum Gasteiger partial charge on any atom is 0.193 e. The molecule has 0 unspecified atom stereocenters. The third-order valence-electron chi connectivity index (χ3n) is 2.15. The van der Waals surface area contributed by atoms with Crippen molar-refractivity contribution >= 4 is 11.6 Å². The van der Waals surface area contributed by atoms with Crippen LogP contribution in [0.2, 0.25) is 5.22 Å². The number of halogens is 1. The van der Waals surface area contributed by atoms with Crippen LogP contribution in [0.25, 0.3) is 0 Å².